The first-order chi connectivity index (χ1) is 18.6. The number of halogens is 4. The molecule has 1 aromatic heterocycles. The molecule has 0 saturated heterocycles. The number of aromatic nitrogens is 2. The first-order valence-electron chi connectivity index (χ1n) is 10.9. The van der Waals surface area contributed by atoms with Crippen LogP contribution in [0.5, 0.6) is 17.2 Å². The molecule has 0 aliphatic rings. The topological polar surface area (TPSA) is 129 Å². The molecule has 204 valence electrons. The lowest BCUT2D eigenvalue weighted by molar-refractivity contribution is -0.385. The Morgan fingerprint density at radius 1 is 1.08 bits per heavy atom. The van der Waals surface area contributed by atoms with Gasteiger partial charge in [-0.25, -0.2) is 4.79 Å². The molecule has 0 atom stereocenters. The summed E-state index contributed by atoms with van der Waals surface area (Å²) in [5.41, 5.74) is -0.409. The van der Waals surface area contributed by atoms with E-state index in [-0.39, 0.29) is 40.6 Å². The predicted molar refractivity (Wildman–Crippen MR) is 140 cm³/mol. The van der Waals surface area contributed by atoms with E-state index >= 15 is 0 Å². The van der Waals surface area contributed by atoms with Gasteiger partial charge in [0.2, 0.25) is 5.75 Å². The van der Waals surface area contributed by atoms with Crippen LogP contribution in [-0.2, 0) is 6.18 Å². The molecule has 0 bridgehead atoms. The number of anilines is 2. The van der Waals surface area contributed by atoms with Crippen molar-refractivity contribution in [3.8, 4) is 17.2 Å². The number of hydrogen-bond donors (Lipinski definition) is 2. The van der Waals surface area contributed by atoms with Gasteiger partial charge in [-0.1, -0.05) is 34.3 Å². The van der Waals surface area contributed by atoms with Crippen molar-refractivity contribution in [1.82, 2.24) is 9.59 Å². The zero-order valence-electron chi connectivity index (χ0n) is 19.9. The van der Waals surface area contributed by atoms with Crippen molar-refractivity contribution in [3.05, 3.63) is 93.6 Å². The van der Waals surface area contributed by atoms with Crippen LogP contribution in [0.25, 0.3) is 0 Å². The summed E-state index contributed by atoms with van der Waals surface area (Å²) >= 11 is 6.93. The number of ether oxygens (including phenoxy) is 2. The van der Waals surface area contributed by atoms with Gasteiger partial charge in [-0.3, -0.25) is 15.4 Å². The van der Waals surface area contributed by atoms with E-state index < -0.39 is 16.7 Å². The molecule has 3 aromatic carbocycles. The first kappa shape index (κ1) is 29.1. The molecule has 0 unspecified atom stereocenters. The van der Waals surface area contributed by atoms with Crippen molar-refractivity contribution in [2.24, 2.45) is 0 Å². The molecule has 0 aliphatic carbocycles. The summed E-state index contributed by atoms with van der Waals surface area (Å²) in [7, 11) is 0. The number of carbonyl (C=O) groups is 1. The zero-order valence-corrected chi connectivity index (χ0v) is 21.5. The van der Waals surface area contributed by atoms with Gasteiger partial charge in [0, 0.05) is 29.4 Å². The van der Waals surface area contributed by atoms with E-state index in [0.717, 1.165) is 35.4 Å². The normalized spacial score (nSPS) is 10.6. The van der Waals surface area contributed by atoms with E-state index in [4.69, 9.17) is 21.1 Å². The van der Waals surface area contributed by atoms with Crippen molar-refractivity contribution in [3.63, 3.8) is 0 Å². The van der Waals surface area contributed by atoms with Crippen LogP contribution in [0.3, 0.4) is 0 Å². The van der Waals surface area contributed by atoms with Gasteiger partial charge >= 0.3 is 17.9 Å². The van der Waals surface area contributed by atoms with Crippen molar-refractivity contribution in [2.75, 3.05) is 17.2 Å². The van der Waals surface area contributed by atoms with Crippen LogP contribution in [0.1, 0.15) is 12.5 Å². The van der Waals surface area contributed by atoms with Crippen LogP contribution in [0.15, 0.2) is 72.9 Å². The molecule has 2 N–H and O–H groups in total. The molecule has 4 rings (SSSR count). The molecule has 0 spiro atoms. The number of nitro groups is 1. The third kappa shape index (κ3) is 8.83. The Kier molecular flexibility index (Phi) is 10.0. The van der Waals surface area contributed by atoms with Crippen LogP contribution < -0.4 is 20.1 Å². The highest BCUT2D eigenvalue weighted by atomic mass is 35.5. The fraction of sp³-hybridized carbons (Fsp3) is 0.125. The molecule has 0 aliphatic heterocycles. The maximum Gasteiger partial charge on any atom is 0.416 e. The Hall–Kier alpha value is -4.43. The Bertz CT molecular complexity index is 1410. The van der Waals surface area contributed by atoms with Crippen molar-refractivity contribution in [2.45, 2.75) is 13.1 Å². The summed E-state index contributed by atoms with van der Waals surface area (Å²) in [5, 5.41) is 20.2. The number of hydrogen-bond acceptors (Lipinski definition) is 8. The number of urea groups is 1. The van der Waals surface area contributed by atoms with Gasteiger partial charge in [-0.2, -0.15) is 13.2 Å². The van der Waals surface area contributed by atoms with E-state index in [1.165, 1.54) is 24.4 Å². The summed E-state index contributed by atoms with van der Waals surface area (Å²) < 4.78 is 52.0. The molecule has 2 amide bonds. The number of nitro benzene ring substituents is 1. The van der Waals surface area contributed by atoms with Crippen LogP contribution in [-0.4, -0.2) is 27.1 Å². The van der Waals surface area contributed by atoms with Crippen LogP contribution in [0, 0.1) is 10.1 Å². The Balaban J connectivity index is 0.000000239. The molecule has 4 aromatic rings. The Morgan fingerprint density at radius 3 is 2.41 bits per heavy atom. The fourth-order valence-corrected chi connectivity index (χ4v) is 3.52. The average molecular weight is 582 g/mol. The van der Waals surface area contributed by atoms with Crippen LogP contribution >= 0.6 is 23.1 Å². The standard InChI is InChI=1S/C15H11ClF3NO4.C9H8N4OS/c1-2-23-14-8-10(4-5-12(14)20(21)22)24-13-6-3-9(7-11(13)16)15(17,18)19;14-9(12-8-6-10-13-15-8)11-7-4-2-1-3-5-7/h3-8H,2H2,1H3;1-6H,(H2,11,12,14). The monoisotopic (exact) mass is 581 g/mol. The van der Waals surface area contributed by atoms with Crippen molar-refractivity contribution in [1.29, 1.82) is 0 Å². The largest absolute Gasteiger partial charge is 0.487 e. The predicted octanol–water partition coefficient (Wildman–Crippen LogP) is 7.64. The lowest BCUT2D eigenvalue weighted by Gasteiger charge is -2.12. The minimum atomic E-state index is -4.52. The maximum absolute atomic E-state index is 12.6. The summed E-state index contributed by atoms with van der Waals surface area (Å²) in [6.07, 6.45) is -3.02. The quantitative estimate of drug-likeness (QED) is 0.169. The minimum Gasteiger partial charge on any atom is -0.487 e. The number of benzene rings is 3. The number of nitrogens with one attached hydrogen (secondary N) is 2. The first-order valence-corrected chi connectivity index (χ1v) is 12.1. The second-order valence-electron chi connectivity index (χ2n) is 7.29. The number of nitrogens with zero attached hydrogens (tertiary/aromatic N) is 3. The van der Waals surface area contributed by atoms with Crippen molar-refractivity contribution < 1.29 is 32.4 Å². The molecular weight excluding hydrogens is 563 g/mol. The molecule has 15 heteroatoms. The number of rotatable bonds is 7. The second kappa shape index (κ2) is 13.4. The maximum atomic E-state index is 12.6. The average Bonchev–Trinajstić information content (AvgIpc) is 3.39. The van der Waals surface area contributed by atoms with Gasteiger partial charge in [0.05, 0.1) is 28.3 Å². The van der Waals surface area contributed by atoms with E-state index in [0.29, 0.717) is 5.00 Å². The van der Waals surface area contributed by atoms with Gasteiger partial charge in [0.25, 0.3) is 0 Å². The Labute approximate surface area is 228 Å². The van der Waals surface area contributed by atoms with E-state index in [1.807, 2.05) is 30.3 Å². The van der Waals surface area contributed by atoms with Crippen molar-refractivity contribution >= 4 is 45.5 Å². The van der Waals surface area contributed by atoms with Crippen LogP contribution in [0.2, 0.25) is 5.02 Å². The highest BCUT2D eigenvalue weighted by molar-refractivity contribution is 7.10. The smallest absolute Gasteiger partial charge is 0.416 e. The molecule has 0 saturated carbocycles. The Morgan fingerprint density at radius 2 is 1.82 bits per heavy atom. The summed E-state index contributed by atoms with van der Waals surface area (Å²) in [5.74, 6) is 0.120. The highest BCUT2D eigenvalue weighted by Crippen LogP contribution is 2.38. The lowest BCUT2D eigenvalue weighted by atomic mass is 10.2. The minimum absolute atomic E-state index is 0.0111. The number of alkyl halides is 3. The molecule has 0 fully saturated rings. The molecule has 39 heavy (non-hydrogen) atoms. The third-order valence-electron chi connectivity index (χ3n) is 4.54. The molecular formula is C24H19ClF3N5O5S. The zero-order chi connectivity index (χ0) is 28.4. The fourth-order valence-electron chi connectivity index (χ4n) is 2.88. The third-order valence-corrected chi connectivity index (χ3v) is 5.42. The highest BCUT2D eigenvalue weighted by Gasteiger charge is 2.31. The molecule has 10 nitrogen and oxygen atoms in total. The van der Waals surface area contributed by atoms with Gasteiger partial charge in [0.15, 0.2) is 0 Å². The molecule has 0 radical (unpaired) electrons. The van der Waals surface area contributed by atoms with Gasteiger partial charge in [0.1, 0.15) is 16.5 Å². The van der Waals surface area contributed by atoms with E-state index in [9.17, 15) is 28.1 Å². The summed E-state index contributed by atoms with van der Waals surface area (Å²) in [6, 6.07) is 15.3. The van der Waals surface area contributed by atoms with Gasteiger partial charge in [-0.05, 0) is 43.3 Å². The number of amides is 2. The summed E-state index contributed by atoms with van der Waals surface area (Å²) in [4.78, 5) is 21.7. The summed E-state index contributed by atoms with van der Waals surface area (Å²) in [6.45, 7) is 1.86. The SMILES string of the molecule is CCOc1cc(Oc2ccc(C(F)(F)F)cc2Cl)ccc1[N+](=O)[O-].O=C(Nc1ccccc1)Nc1cnns1. The van der Waals surface area contributed by atoms with Gasteiger partial charge < -0.3 is 14.8 Å². The van der Waals surface area contributed by atoms with Gasteiger partial charge in [-0.15, -0.1) is 5.10 Å². The number of carbonyl (C=O) groups excluding carboxylic acids is 1. The van der Waals surface area contributed by atoms with Crippen LogP contribution in [0.4, 0.5) is 34.3 Å². The van der Waals surface area contributed by atoms with E-state index in [1.54, 1.807) is 6.92 Å². The van der Waals surface area contributed by atoms with E-state index in [2.05, 4.69) is 20.2 Å². The lowest BCUT2D eigenvalue weighted by Crippen LogP contribution is -2.18. The second-order valence-corrected chi connectivity index (χ2v) is 8.48. The number of para-hydroxylation sites is 1. The molecule has 1 heterocycles.